The standard InChI is InChI=1S/C41H74N2O13/c1-16-28-41(12,48)33(45)23(6)30(44)21(4)18-40(11,50-15)35(56-37-32-27(17-22(5)51-37)43(13)38(55-32)42-20(2)3)24(7)31(25(8)36(47)53-28)54-29-19-39(10,49-14)34(46)26(9)52-29/h20-35,37,44-46,48H,16-19H2,1-15H3/t21-,22-,23+,24+,25-,26+,27+,28-,29+,30+,31+,32-,33-,34+,35-,37+,39-,40-,41-/m1/s1. The quantitative estimate of drug-likeness (QED) is 0.262. The Kier molecular flexibility index (Phi) is 15.4. The molecule has 4 fully saturated rings. The molecule has 0 spiro atoms. The highest BCUT2D eigenvalue weighted by Gasteiger charge is 2.56. The van der Waals surface area contributed by atoms with E-state index < -0.39 is 108 Å². The molecule has 0 aliphatic carbocycles. The number of ether oxygens (including phenoxy) is 8. The van der Waals surface area contributed by atoms with Gasteiger partial charge >= 0.3 is 5.97 Å². The van der Waals surface area contributed by atoms with Crippen molar-refractivity contribution in [3.8, 4) is 0 Å². The second-order valence-corrected chi connectivity index (χ2v) is 18.1. The Hall–Kier alpha value is -1.66. The summed E-state index contributed by atoms with van der Waals surface area (Å²) in [4.78, 5) is 21.1. The molecule has 0 aromatic rings. The third-order valence-electron chi connectivity index (χ3n) is 13.2. The van der Waals surface area contributed by atoms with Gasteiger partial charge < -0.3 is 63.2 Å². The molecule has 19 atom stereocenters. The Bertz CT molecular complexity index is 1340. The molecule has 0 aromatic heterocycles. The zero-order valence-electron chi connectivity index (χ0n) is 36.5. The second kappa shape index (κ2) is 18.3. The number of hydrogen-bond donors (Lipinski definition) is 4. The van der Waals surface area contributed by atoms with Gasteiger partial charge in [-0.1, -0.05) is 27.7 Å². The summed E-state index contributed by atoms with van der Waals surface area (Å²) in [5, 5.41) is 46.1. The summed E-state index contributed by atoms with van der Waals surface area (Å²) in [5.41, 5.74) is -4.08. The first-order valence-electron chi connectivity index (χ1n) is 20.6. The van der Waals surface area contributed by atoms with Gasteiger partial charge in [0.1, 0.15) is 17.8 Å². The fraction of sp³-hybridized carbons (Fsp3) is 0.951. The molecule has 0 aromatic carbocycles. The molecule has 0 amide bonds. The first kappa shape index (κ1) is 47.0. The number of methoxy groups -OCH3 is 2. The monoisotopic (exact) mass is 803 g/mol. The van der Waals surface area contributed by atoms with E-state index in [9.17, 15) is 25.2 Å². The fourth-order valence-electron chi connectivity index (χ4n) is 9.44. The van der Waals surface area contributed by atoms with Crippen molar-refractivity contribution in [2.75, 3.05) is 21.3 Å². The molecule has 15 heteroatoms. The molecule has 4 aliphatic heterocycles. The van der Waals surface area contributed by atoms with Crippen molar-refractivity contribution >= 4 is 12.0 Å². The molecule has 4 saturated heterocycles. The van der Waals surface area contributed by atoms with Gasteiger partial charge in [0.15, 0.2) is 18.7 Å². The van der Waals surface area contributed by atoms with Crippen LogP contribution in [0.3, 0.4) is 0 Å². The van der Waals surface area contributed by atoms with Crippen molar-refractivity contribution in [2.45, 2.75) is 205 Å². The molecule has 4 heterocycles. The van der Waals surface area contributed by atoms with Gasteiger partial charge in [-0.15, -0.1) is 0 Å². The first-order valence-corrected chi connectivity index (χ1v) is 20.6. The number of cyclic esters (lactones) is 1. The number of carbonyl (C=O) groups excluding carboxylic acids is 1. The molecule has 4 N–H and O–H groups in total. The predicted molar refractivity (Wildman–Crippen MR) is 208 cm³/mol. The summed E-state index contributed by atoms with van der Waals surface area (Å²) in [6.07, 6.45) is -8.40. The predicted octanol–water partition coefficient (Wildman–Crippen LogP) is 3.40. The van der Waals surface area contributed by atoms with Crippen LogP contribution in [-0.2, 0) is 42.7 Å². The Labute approximate surface area is 334 Å². The zero-order valence-corrected chi connectivity index (χ0v) is 36.5. The molecular weight excluding hydrogens is 728 g/mol. The summed E-state index contributed by atoms with van der Waals surface area (Å²) in [5.74, 6) is -3.60. The molecule has 4 aliphatic rings. The van der Waals surface area contributed by atoms with Crippen molar-refractivity contribution in [3.05, 3.63) is 0 Å². The lowest BCUT2D eigenvalue weighted by molar-refractivity contribution is -0.315. The average Bonchev–Trinajstić information content (AvgIpc) is 3.44. The van der Waals surface area contributed by atoms with Crippen LogP contribution in [0.25, 0.3) is 0 Å². The maximum atomic E-state index is 14.3. The summed E-state index contributed by atoms with van der Waals surface area (Å²) < 4.78 is 51.5. The zero-order chi connectivity index (χ0) is 42.2. The summed E-state index contributed by atoms with van der Waals surface area (Å²) in [6.45, 7) is 21.7. The van der Waals surface area contributed by atoms with E-state index in [-0.39, 0.29) is 37.5 Å². The minimum absolute atomic E-state index is 0.00325. The van der Waals surface area contributed by atoms with Crippen molar-refractivity contribution in [2.24, 2.45) is 28.7 Å². The molecule has 4 rings (SSSR count). The van der Waals surface area contributed by atoms with Crippen LogP contribution in [0.2, 0.25) is 0 Å². The average molecular weight is 803 g/mol. The topological polar surface area (TPSA) is 187 Å². The van der Waals surface area contributed by atoms with E-state index in [2.05, 4.69) is 0 Å². The largest absolute Gasteiger partial charge is 0.459 e. The number of esters is 1. The molecule has 0 unspecified atom stereocenters. The van der Waals surface area contributed by atoms with E-state index in [1.807, 2.05) is 53.5 Å². The number of amidine groups is 1. The lowest BCUT2D eigenvalue weighted by Gasteiger charge is -2.49. The maximum Gasteiger partial charge on any atom is 0.311 e. The van der Waals surface area contributed by atoms with Crippen LogP contribution in [0.4, 0.5) is 0 Å². The van der Waals surface area contributed by atoms with Gasteiger partial charge in [-0.05, 0) is 80.6 Å². The maximum absolute atomic E-state index is 14.3. The lowest BCUT2D eigenvalue weighted by atomic mass is 9.73. The normalized spacial score (nSPS) is 49.3. The summed E-state index contributed by atoms with van der Waals surface area (Å²) in [7, 11) is 5.05. The number of aliphatic imine (C=N–C) groups is 1. The molecule has 56 heavy (non-hydrogen) atoms. The number of aliphatic hydroxyl groups is 4. The Morgan fingerprint density at radius 3 is 2.09 bits per heavy atom. The number of aliphatic hydroxyl groups excluding tert-OH is 3. The van der Waals surface area contributed by atoms with Crippen LogP contribution in [0, 0.1) is 23.7 Å². The van der Waals surface area contributed by atoms with Gasteiger partial charge in [-0.2, -0.15) is 0 Å². The number of carbonyl (C=O) groups is 1. The van der Waals surface area contributed by atoms with Gasteiger partial charge in [-0.3, -0.25) is 4.79 Å². The van der Waals surface area contributed by atoms with E-state index in [4.69, 9.17) is 42.9 Å². The van der Waals surface area contributed by atoms with Gasteiger partial charge in [0.2, 0.25) is 0 Å². The van der Waals surface area contributed by atoms with E-state index in [1.54, 1.807) is 41.7 Å². The molecule has 0 saturated carbocycles. The third-order valence-corrected chi connectivity index (χ3v) is 13.2. The van der Waals surface area contributed by atoms with Crippen LogP contribution in [0.15, 0.2) is 4.99 Å². The first-order chi connectivity index (χ1) is 26.0. The number of nitrogens with zero attached hydrogens (tertiary/aromatic N) is 2. The van der Waals surface area contributed by atoms with Gasteiger partial charge in [0.25, 0.3) is 6.02 Å². The fourth-order valence-corrected chi connectivity index (χ4v) is 9.44. The second-order valence-electron chi connectivity index (χ2n) is 18.1. The number of hydrogen-bond acceptors (Lipinski definition) is 14. The van der Waals surface area contributed by atoms with E-state index in [0.29, 0.717) is 12.4 Å². The highest BCUT2D eigenvalue weighted by Crippen LogP contribution is 2.43. The molecule has 15 nitrogen and oxygen atoms in total. The Morgan fingerprint density at radius 1 is 0.893 bits per heavy atom. The van der Waals surface area contributed by atoms with Gasteiger partial charge in [0, 0.05) is 45.6 Å². The third kappa shape index (κ3) is 9.53. The Morgan fingerprint density at radius 2 is 1.52 bits per heavy atom. The van der Waals surface area contributed by atoms with Crippen molar-refractivity contribution < 1.29 is 63.1 Å². The number of rotatable bonds is 8. The highest BCUT2D eigenvalue weighted by atomic mass is 16.7. The highest BCUT2D eigenvalue weighted by molar-refractivity contribution is 5.76. The Balaban J connectivity index is 1.87. The van der Waals surface area contributed by atoms with Crippen molar-refractivity contribution in [1.29, 1.82) is 0 Å². The van der Waals surface area contributed by atoms with E-state index in [1.165, 1.54) is 14.0 Å². The van der Waals surface area contributed by atoms with Crippen LogP contribution < -0.4 is 0 Å². The molecule has 0 bridgehead atoms. The number of likely N-dealkylation sites (N-methyl/N-ethyl adjacent to an activating group) is 1. The molecule has 0 radical (unpaired) electrons. The molecular formula is C41H74N2O13. The van der Waals surface area contributed by atoms with Crippen LogP contribution >= 0.6 is 0 Å². The van der Waals surface area contributed by atoms with E-state index in [0.717, 1.165) is 0 Å². The van der Waals surface area contributed by atoms with Crippen molar-refractivity contribution in [3.63, 3.8) is 0 Å². The minimum Gasteiger partial charge on any atom is -0.459 e. The minimum atomic E-state index is -1.90. The van der Waals surface area contributed by atoms with Gasteiger partial charge in [-0.25, -0.2) is 4.99 Å². The van der Waals surface area contributed by atoms with Crippen molar-refractivity contribution in [1.82, 2.24) is 4.90 Å². The summed E-state index contributed by atoms with van der Waals surface area (Å²) in [6, 6.07) is 0.406. The van der Waals surface area contributed by atoms with Gasteiger partial charge in [0.05, 0.1) is 59.8 Å². The smallest absolute Gasteiger partial charge is 0.311 e. The van der Waals surface area contributed by atoms with Crippen LogP contribution in [0.5, 0.6) is 0 Å². The lowest BCUT2D eigenvalue weighted by Crippen LogP contribution is -2.61. The van der Waals surface area contributed by atoms with Crippen LogP contribution in [-0.4, -0.2) is 155 Å². The van der Waals surface area contributed by atoms with E-state index >= 15 is 0 Å². The number of fused-ring (bicyclic) bond motifs is 1. The summed E-state index contributed by atoms with van der Waals surface area (Å²) >= 11 is 0. The van der Waals surface area contributed by atoms with Crippen LogP contribution in [0.1, 0.15) is 109 Å². The SMILES string of the molecule is CC[C@H]1OC(=O)[C@H](C)[C@@H](O[C@H]2C[C@@](C)(OC)[C@@H](O)[C@H](C)O2)[C@H](C)[C@@H](O[C@@H]2O[C@H](C)C[C@H]3[C@H]2OC(=NC(C)C)N3C)[C@](C)(OC)C[C@@H](C)[C@H](O)[C@H](C)[C@@H](O)[C@]1(C)O. The molecule has 326 valence electrons.